The van der Waals surface area contributed by atoms with Gasteiger partial charge in [0, 0.05) is 28.5 Å². The van der Waals surface area contributed by atoms with Gasteiger partial charge in [-0.2, -0.15) is 5.26 Å². The lowest BCUT2D eigenvalue weighted by atomic mass is 9.92. The van der Waals surface area contributed by atoms with Crippen LogP contribution >= 0.6 is 23.2 Å². The predicted octanol–water partition coefficient (Wildman–Crippen LogP) is 3.64. The lowest BCUT2D eigenvalue weighted by Gasteiger charge is -2.26. The van der Waals surface area contributed by atoms with Gasteiger partial charge in [-0.1, -0.05) is 23.2 Å². The third kappa shape index (κ3) is 3.45. The first kappa shape index (κ1) is 16.6. The quantitative estimate of drug-likeness (QED) is 0.905. The molecule has 0 radical (unpaired) electrons. The van der Waals surface area contributed by atoms with Crippen LogP contribution in [0, 0.1) is 11.3 Å². The van der Waals surface area contributed by atoms with Crippen LogP contribution in [-0.4, -0.2) is 17.5 Å². The van der Waals surface area contributed by atoms with Crippen molar-refractivity contribution >= 4 is 29.1 Å². The fourth-order valence-corrected chi connectivity index (χ4v) is 3.02. The van der Waals surface area contributed by atoms with Crippen molar-refractivity contribution in [2.45, 2.75) is 18.4 Å². The van der Waals surface area contributed by atoms with Crippen molar-refractivity contribution in [2.75, 3.05) is 6.61 Å². The summed E-state index contributed by atoms with van der Waals surface area (Å²) >= 11 is 11.9. The fraction of sp³-hybridized carbons (Fsp3) is 0.235. The zero-order valence-electron chi connectivity index (χ0n) is 12.5. The minimum Gasteiger partial charge on any atom is -0.493 e. The third-order valence-electron chi connectivity index (χ3n) is 3.80. The number of amides is 1. The van der Waals surface area contributed by atoms with Gasteiger partial charge in [0.05, 0.1) is 23.6 Å². The Balaban J connectivity index is 1.83. The molecule has 5 nitrogen and oxygen atoms in total. The summed E-state index contributed by atoms with van der Waals surface area (Å²) < 4.78 is 5.56. The number of benzene rings is 1. The molecule has 1 amide bonds. The smallest absolute Gasteiger partial charge is 0.229 e. The zero-order valence-corrected chi connectivity index (χ0v) is 14.0. The number of nitriles is 1. The molecule has 1 aromatic heterocycles. The predicted molar refractivity (Wildman–Crippen MR) is 90.0 cm³/mol. The highest BCUT2D eigenvalue weighted by Crippen LogP contribution is 2.36. The van der Waals surface area contributed by atoms with Crippen molar-refractivity contribution in [2.24, 2.45) is 0 Å². The van der Waals surface area contributed by atoms with E-state index in [0.29, 0.717) is 34.4 Å². The van der Waals surface area contributed by atoms with Gasteiger partial charge in [0.15, 0.2) is 0 Å². The van der Waals surface area contributed by atoms with Gasteiger partial charge < -0.3 is 10.1 Å². The van der Waals surface area contributed by atoms with E-state index in [2.05, 4.69) is 16.4 Å². The lowest BCUT2D eigenvalue weighted by Crippen LogP contribution is -2.34. The van der Waals surface area contributed by atoms with Crippen LogP contribution in [0.1, 0.15) is 29.5 Å². The summed E-state index contributed by atoms with van der Waals surface area (Å²) in [4.78, 5) is 16.6. The number of rotatable bonds is 3. The second-order valence-electron chi connectivity index (χ2n) is 5.38. The Morgan fingerprint density at radius 2 is 2.17 bits per heavy atom. The molecule has 3 rings (SSSR count). The van der Waals surface area contributed by atoms with E-state index in [1.807, 2.05) is 0 Å². The normalized spacial score (nSPS) is 17.1. The molecule has 0 fully saturated rings. The molecule has 0 bridgehead atoms. The number of aromatic nitrogens is 1. The molecule has 1 aliphatic heterocycles. The first-order valence-electron chi connectivity index (χ1n) is 7.31. The van der Waals surface area contributed by atoms with Crippen molar-refractivity contribution in [3.05, 3.63) is 57.8 Å². The van der Waals surface area contributed by atoms with Gasteiger partial charge in [-0.15, -0.1) is 0 Å². The number of carbonyl (C=O) groups excluding carboxylic acids is 1. The van der Waals surface area contributed by atoms with E-state index < -0.39 is 12.0 Å². The molecule has 2 aromatic rings. The summed E-state index contributed by atoms with van der Waals surface area (Å²) in [5.74, 6) is -0.0347. The maximum absolute atomic E-state index is 12.7. The van der Waals surface area contributed by atoms with Gasteiger partial charge in [0.25, 0.3) is 0 Å². The minimum atomic E-state index is -0.825. The number of ether oxygens (including phenoxy) is 1. The van der Waals surface area contributed by atoms with E-state index in [1.165, 1.54) is 12.4 Å². The molecule has 0 aliphatic carbocycles. The van der Waals surface area contributed by atoms with Crippen molar-refractivity contribution < 1.29 is 9.53 Å². The number of fused-ring (bicyclic) bond motifs is 1. The van der Waals surface area contributed by atoms with E-state index in [4.69, 9.17) is 27.9 Å². The van der Waals surface area contributed by atoms with Crippen LogP contribution < -0.4 is 10.1 Å². The SMILES string of the molecule is N#CC(NC(=O)C1CCOc2ccc(Cl)cc21)c1cncc(Cl)c1. The average Bonchev–Trinajstić information content (AvgIpc) is 2.58. The molecule has 2 atom stereocenters. The number of hydrogen-bond donors (Lipinski definition) is 1. The van der Waals surface area contributed by atoms with E-state index in [-0.39, 0.29) is 5.91 Å². The van der Waals surface area contributed by atoms with E-state index >= 15 is 0 Å². The van der Waals surface area contributed by atoms with Crippen molar-refractivity contribution in [1.29, 1.82) is 5.26 Å². The molecule has 0 spiro atoms. The molecular weight excluding hydrogens is 349 g/mol. The standard InChI is InChI=1S/C17H13Cl2N3O2/c18-11-1-2-16-14(6-11)13(3-4-24-16)17(23)22-15(7-20)10-5-12(19)9-21-8-10/h1-2,5-6,8-9,13,15H,3-4H2,(H,22,23). The second kappa shape index (κ2) is 7.08. The Labute approximate surface area is 149 Å². The number of nitrogens with zero attached hydrogens (tertiary/aromatic N) is 2. The Bertz CT molecular complexity index is 820. The third-order valence-corrected chi connectivity index (χ3v) is 4.24. The number of nitrogens with one attached hydrogen (secondary N) is 1. The van der Waals surface area contributed by atoms with Crippen molar-refractivity contribution in [3.8, 4) is 11.8 Å². The maximum atomic E-state index is 12.7. The molecular formula is C17H13Cl2N3O2. The molecule has 1 N–H and O–H groups in total. The molecule has 1 aromatic carbocycles. The van der Waals surface area contributed by atoms with Crippen molar-refractivity contribution in [1.82, 2.24) is 10.3 Å². The van der Waals surface area contributed by atoms with E-state index in [1.54, 1.807) is 24.3 Å². The topological polar surface area (TPSA) is 75.0 Å². The Kier molecular flexibility index (Phi) is 4.89. The summed E-state index contributed by atoms with van der Waals surface area (Å²) in [6, 6.07) is 8.04. The zero-order chi connectivity index (χ0) is 17.1. The van der Waals surface area contributed by atoms with Crippen LogP contribution in [0.5, 0.6) is 5.75 Å². The molecule has 2 unspecified atom stereocenters. The van der Waals surface area contributed by atoms with Gasteiger partial charge >= 0.3 is 0 Å². The molecule has 122 valence electrons. The summed E-state index contributed by atoms with van der Waals surface area (Å²) in [7, 11) is 0. The monoisotopic (exact) mass is 361 g/mol. The molecule has 1 aliphatic rings. The molecule has 0 saturated carbocycles. The van der Waals surface area contributed by atoms with Gasteiger partial charge in [-0.3, -0.25) is 9.78 Å². The summed E-state index contributed by atoms with van der Waals surface area (Å²) in [6.45, 7) is 0.433. The second-order valence-corrected chi connectivity index (χ2v) is 6.25. The summed E-state index contributed by atoms with van der Waals surface area (Å²) in [6.07, 6.45) is 3.50. The number of carbonyl (C=O) groups is 1. The van der Waals surface area contributed by atoms with Crippen LogP contribution in [-0.2, 0) is 4.79 Å². The Hall–Kier alpha value is -2.29. The highest BCUT2D eigenvalue weighted by atomic mass is 35.5. The molecule has 2 heterocycles. The van der Waals surface area contributed by atoms with Crippen molar-refractivity contribution in [3.63, 3.8) is 0 Å². The van der Waals surface area contributed by atoms with Crippen LogP contribution in [0.4, 0.5) is 0 Å². The van der Waals surface area contributed by atoms with Gasteiger partial charge in [0.1, 0.15) is 11.8 Å². The van der Waals surface area contributed by atoms with Crippen LogP contribution in [0.25, 0.3) is 0 Å². The van der Waals surface area contributed by atoms with Gasteiger partial charge in [-0.05, 0) is 30.7 Å². The molecule has 24 heavy (non-hydrogen) atoms. The fourth-order valence-electron chi connectivity index (χ4n) is 2.66. The highest BCUT2D eigenvalue weighted by molar-refractivity contribution is 6.30. The van der Waals surface area contributed by atoms with Gasteiger partial charge in [0.2, 0.25) is 5.91 Å². The van der Waals surface area contributed by atoms with Crippen LogP contribution in [0.3, 0.4) is 0 Å². The van der Waals surface area contributed by atoms with Crippen LogP contribution in [0.15, 0.2) is 36.7 Å². The van der Waals surface area contributed by atoms with Gasteiger partial charge in [-0.25, -0.2) is 0 Å². The first-order chi connectivity index (χ1) is 11.6. The minimum absolute atomic E-state index is 0.256. The lowest BCUT2D eigenvalue weighted by molar-refractivity contribution is -0.123. The Morgan fingerprint density at radius 3 is 2.92 bits per heavy atom. The summed E-state index contributed by atoms with van der Waals surface area (Å²) in [5, 5.41) is 13.1. The van der Waals surface area contributed by atoms with Crippen LogP contribution in [0.2, 0.25) is 10.0 Å². The largest absolute Gasteiger partial charge is 0.493 e. The van der Waals surface area contributed by atoms with E-state index in [9.17, 15) is 10.1 Å². The number of hydrogen-bond acceptors (Lipinski definition) is 4. The number of halogens is 2. The average molecular weight is 362 g/mol. The molecule has 7 heteroatoms. The molecule has 0 saturated heterocycles. The first-order valence-corrected chi connectivity index (χ1v) is 8.07. The van der Waals surface area contributed by atoms with E-state index in [0.717, 1.165) is 5.56 Å². The Morgan fingerprint density at radius 1 is 1.33 bits per heavy atom. The number of pyridine rings is 1. The summed E-state index contributed by atoms with van der Waals surface area (Å²) in [5.41, 5.74) is 1.27. The maximum Gasteiger partial charge on any atom is 0.229 e. The highest BCUT2D eigenvalue weighted by Gasteiger charge is 2.29.